The van der Waals surface area contributed by atoms with Gasteiger partial charge in [-0.2, -0.15) is 5.26 Å². The van der Waals surface area contributed by atoms with Crippen LogP contribution in [0, 0.1) is 34.6 Å². The average molecular weight is 590 g/mol. The molecule has 9 heteroatoms. The highest BCUT2D eigenvalue weighted by Crippen LogP contribution is 2.28. The van der Waals surface area contributed by atoms with Crippen LogP contribution in [0.5, 0.6) is 11.5 Å². The van der Waals surface area contributed by atoms with Crippen molar-refractivity contribution in [2.45, 2.75) is 44.9 Å². The van der Waals surface area contributed by atoms with Gasteiger partial charge < -0.3 is 9.47 Å². The van der Waals surface area contributed by atoms with Crippen molar-refractivity contribution in [2.24, 2.45) is 0 Å². The number of halogens is 4. The third-order valence-electron chi connectivity index (χ3n) is 6.66. The Morgan fingerprint density at radius 1 is 0.581 bits per heavy atom. The van der Waals surface area contributed by atoms with Crippen LogP contribution >= 0.6 is 0 Å². The fourth-order valence-electron chi connectivity index (χ4n) is 4.42. The van der Waals surface area contributed by atoms with Crippen LogP contribution in [0.15, 0.2) is 78.9 Å². The summed E-state index contributed by atoms with van der Waals surface area (Å²) < 4.78 is 65.9. The second kappa shape index (κ2) is 14.8. The molecule has 0 radical (unpaired) electrons. The lowest BCUT2D eigenvalue weighted by Gasteiger charge is -2.08. The van der Waals surface area contributed by atoms with Crippen LogP contribution in [0.4, 0.5) is 17.6 Å². The van der Waals surface area contributed by atoms with E-state index in [1.165, 1.54) is 54.6 Å². The predicted octanol–water partition coefficient (Wildman–Crippen LogP) is 8.69. The van der Waals surface area contributed by atoms with E-state index < -0.39 is 40.8 Å². The van der Waals surface area contributed by atoms with E-state index >= 15 is 0 Å². The molecule has 0 aliphatic rings. The van der Waals surface area contributed by atoms with Gasteiger partial charge in [0.2, 0.25) is 0 Å². The van der Waals surface area contributed by atoms with Crippen LogP contribution in [-0.2, 0) is 9.59 Å². The van der Waals surface area contributed by atoms with E-state index in [0.29, 0.717) is 29.7 Å². The molecule has 0 atom stereocenters. The van der Waals surface area contributed by atoms with Gasteiger partial charge in [-0.3, -0.25) is 9.59 Å². The highest BCUT2D eigenvalue weighted by atomic mass is 19.1. The first kappa shape index (κ1) is 31.0. The summed E-state index contributed by atoms with van der Waals surface area (Å²) in [6, 6.07) is 19.3. The Morgan fingerprint density at radius 3 is 1.65 bits per heavy atom. The van der Waals surface area contributed by atoms with Gasteiger partial charge in [0.1, 0.15) is 46.4 Å². The van der Waals surface area contributed by atoms with Crippen molar-refractivity contribution in [2.75, 3.05) is 0 Å². The number of hydrogen-bond acceptors (Lipinski definition) is 5. The highest BCUT2D eigenvalue weighted by molar-refractivity contribution is 5.74. The molecule has 0 saturated heterocycles. The Morgan fingerprint density at radius 2 is 1.09 bits per heavy atom. The van der Waals surface area contributed by atoms with Crippen molar-refractivity contribution in [1.29, 1.82) is 5.26 Å². The van der Waals surface area contributed by atoms with Crippen LogP contribution < -0.4 is 9.47 Å². The molecule has 0 fully saturated rings. The Labute approximate surface area is 246 Å². The van der Waals surface area contributed by atoms with E-state index in [1.54, 1.807) is 12.1 Å². The molecule has 0 saturated carbocycles. The van der Waals surface area contributed by atoms with E-state index in [0.717, 1.165) is 37.5 Å². The molecule has 5 nitrogen and oxygen atoms in total. The Bertz CT molecular complexity index is 1610. The zero-order valence-electron chi connectivity index (χ0n) is 23.0. The third-order valence-corrected chi connectivity index (χ3v) is 6.66. The fraction of sp³-hybridized carbons (Fsp3) is 0.206. The molecule has 4 aromatic carbocycles. The summed E-state index contributed by atoms with van der Waals surface area (Å²) in [7, 11) is 0. The van der Waals surface area contributed by atoms with Crippen LogP contribution in [0.2, 0.25) is 0 Å². The summed E-state index contributed by atoms with van der Waals surface area (Å²) in [5.41, 5.74) is 0.899. The Balaban J connectivity index is 1.11. The van der Waals surface area contributed by atoms with Crippen molar-refractivity contribution in [1.82, 2.24) is 0 Å². The van der Waals surface area contributed by atoms with Crippen LogP contribution in [0.25, 0.3) is 22.3 Å². The topological polar surface area (TPSA) is 76.4 Å². The molecule has 0 aromatic heterocycles. The second-order valence-corrected chi connectivity index (χ2v) is 9.82. The maximum absolute atomic E-state index is 14.5. The van der Waals surface area contributed by atoms with Gasteiger partial charge in [-0.15, -0.1) is 0 Å². The van der Waals surface area contributed by atoms with Gasteiger partial charge in [0, 0.05) is 24.5 Å². The van der Waals surface area contributed by atoms with Crippen LogP contribution in [-0.4, -0.2) is 11.9 Å². The first-order chi connectivity index (χ1) is 20.7. The molecular formula is C34H27F4NO4. The molecule has 0 bridgehead atoms. The van der Waals surface area contributed by atoms with Gasteiger partial charge in [-0.05, 0) is 78.1 Å². The number of nitriles is 1. The third kappa shape index (κ3) is 8.76. The SMILES string of the molecule is N#Cc1c(F)cc(-c2ccc(OC(=O)CCCCCCCC(=O)Oc3ccc(-c4ccc(F)cc4)c(F)c3)cc2)cc1F. The Kier molecular flexibility index (Phi) is 10.6. The lowest BCUT2D eigenvalue weighted by atomic mass is 10.0. The van der Waals surface area contributed by atoms with Crippen molar-refractivity contribution in [3.8, 4) is 39.8 Å². The molecule has 43 heavy (non-hydrogen) atoms. The highest BCUT2D eigenvalue weighted by Gasteiger charge is 2.13. The Hall–Kier alpha value is -4.97. The first-order valence-electron chi connectivity index (χ1n) is 13.7. The zero-order chi connectivity index (χ0) is 30.8. The summed E-state index contributed by atoms with van der Waals surface area (Å²) >= 11 is 0. The van der Waals surface area contributed by atoms with E-state index in [2.05, 4.69) is 0 Å². The van der Waals surface area contributed by atoms with E-state index in [1.807, 2.05) is 0 Å². The molecule has 0 aliphatic carbocycles. The predicted molar refractivity (Wildman–Crippen MR) is 152 cm³/mol. The molecule has 0 spiro atoms. The normalized spacial score (nSPS) is 10.7. The minimum absolute atomic E-state index is 0.0959. The fourth-order valence-corrected chi connectivity index (χ4v) is 4.42. The molecule has 0 unspecified atom stereocenters. The number of carbonyl (C=O) groups is 2. The number of benzene rings is 4. The monoisotopic (exact) mass is 589 g/mol. The minimum atomic E-state index is -0.948. The maximum atomic E-state index is 14.5. The molecule has 0 aliphatic heterocycles. The minimum Gasteiger partial charge on any atom is -0.427 e. The molecule has 0 amide bonds. The van der Waals surface area contributed by atoms with Crippen LogP contribution in [0.3, 0.4) is 0 Å². The smallest absolute Gasteiger partial charge is 0.311 e. The van der Waals surface area contributed by atoms with Gasteiger partial charge in [-0.25, -0.2) is 17.6 Å². The van der Waals surface area contributed by atoms with Gasteiger partial charge in [0.05, 0.1) is 0 Å². The molecular weight excluding hydrogens is 562 g/mol. The van der Waals surface area contributed by atoms with E-state index in [-0.39, 0.29) is 29.7 Å². The lowest BCUT2D eigenvalue weighted by molar-refractivity contribution is -0.135. The summed E-state index contributed by atoms with van der Waals surface area (Å²) in [5.74, 6) is -3.39. The second-order valence-electron chi connectivity index (χ2n) is 9.82. The van der Waals surface area contributed by atoms with Crippen molar-refractivity contribution < 1.29 is 36.6 Å². The largest absolute Gasteiger partial charge is 0.427 e. The van der Waals surface area contributed by atoms with Gasteiger partial charge in [0.15, 0.2) is 0 Å². The van der Waals surface area contributed by atoms with Crippen molar-refractivity contribution in [3.63, 3.8) is 0 Å². The number of rotatable bonds is 12. The molecule has 0 heterocycles. The van der Waals surface area contributed by atoms with Gasteiger partial charge in [0.25, 0.3) is 0 Å². The zero-order valence-corrected chi connectivity index (χ0v) is 23.0. The average Bonchev–Trinajstić information content (AvgIpc) is 2.97. The quantitative estimate of drug-likeness (QED) is 0.0715. The standard InChI is InChI=1S/C34H27F4NO4/c35-25-12-8-23(9-13-25)28-17-16-27(20-32(28)38)43-34(41)7-5-3-1-2-4-6-33(40)42-26-14-10-22(11-15-26)24-18-30(36)29(21-39)31(37)19-24/h8-20H,1-7H2. The number of esters is 2. The summed E-state index contributed by atoms with van der Waals surface area (Å²) in [5, 5.41) is 8.80. The maximum Gasteiger partial charge on any atom is 0.311 e. The number of carbonyl (C=O) groups excluding carboxylic acids is 2. The summed E-state index contributed by atoms with van der Waals surface area (Å²) in [6.07, 6.45) is 3.86. The number of nitrogens with zero attached hydrogens (tertiary/aromatic N) is 1. The summed E-state index contributed by atoms with van der Waals surface area (Å²) in [4.78, 5) is 24.3. The van der Waals surface area contributed by atoms with E-state index in [4.69, 9.17) is 14.7 Å². The number of unbranched alkanes of at least 4 members (excludes halogenated alkanes) is 4. The summed E-state index contributed by atoms with van der Waals surface area (Å²) in [6.45, 7) is 0. The molecule has 4 aromatic rings. The van der Waals surface area contributed by atoms with Crippen LogP contribution in [0.1, 0.15) is 50.5 Å². The molecule has 220 valence electrons. The van der Waals surface area contributed by atoms with Gasteiger partial charge in [-0.1, -0.05) is 43.5 Å². The van der Waals surface area contributed by atoms with E-state index in [9.17, 15) is 27.2 Å². The van der Waals surface area contributed by atoms with Gasteiger partial charge >= 0.3 is 11.9 Å². The van der Waals surface area contributed by atoms with Crippen molar-refractivity contribution >= 4 is 11.9 Å². The molecule has 4 rings (SSSR count). The number of hydrogen-bond donors (Lipinski definition) is 0. The number of ether oxygens (including phenoxy) is 2. The van der Waals surface area contributed by atoms with Crippen molar-refractivity contribution in [3.05, 3.63) is 108 Å². The first-order valence-corrected chi connectivity index (χ1v) is 13.7. The molecule has 0 N–H and O–H groups in total. The lowest BCUT2D eigenvalue weighted by Crippen LogP contribution is -2.08.